The highest BCUT2D eigenvalue weighted by atomic mass is 16.6. The second kappa shape index (κ2) is 15.0. The number of aromatic nitrogens is 1. The summed E-state index contributed by atoms with van der Waals surface area (Å²) < 4.78 is 24.1. The van der Waals surface area contributed by atoms with Gasteiger partial charge in [-0.15, -0.1) is 0 Å². The Labute approximate surface area is 297 Å². The van der Waals surface area contributed by atoms with Crippen molar-refractivity contribution in [1.82, 2.24) is 4.98 Å². The Bertz CT molecular complexity index is 1900. The van der Waals surface area contributed by atoms with Crippen LogP contribution in [-0.4, -0.2) is 70.4 Å². The Morgan fingerprint density at radius 1 is 1.10 bits per heavy atom. The minimum Gasteiger partial charge on any atom is -0.496 e. The number of methoxy groups -OCH3 is 1. The first kappa shape index (κ1) is 36.3. The molecule has 1 aromatic heterocycles. The minimum absolute atomic E-state index is 0.0138. The summed E-state index contributed by atoms with van der Waals surface area (Å²) in [5.74, 6) is -2.13. The normalized spacial score (nSPS) is 22.6. The van der Waals surface area contributed by atoms with Gasteiger partial charge in [-0.2, -0.15) is 0 Å². The summed E-state index contributed by atoms with van der Waals surface area (Å²) in [6.45, 7) is 4.55. The molecule has 2 aliphatic heterocycles. The Morgan fingerprint density at radius 2 is 1.90 bits per heavy atom. The zero-order valence-corrected chi connectivity index (χ0v) is 29.7. The summed E-state index contributed by atoms with van der Waals surface area (Å²) in [5.41, 5.74) is 2.51. The van der Waals surface area contributed by atoms with Crippen molar-refractivity contribution in [1.29, 1.82) is 0 Å². The minimum atomic E-state index is -1.21. The third-order valence-corrected chi connectivity index (χ3v) is 10.6. The van der Waals surface area contributed by atoms with Gasteiger partial charge in [0.2, 0.25) is 5.76 Å². The van der Waals surface area contributed by atoms with E-state index in [9.17, 15) is 29.7 Å². The summed E-state index contributed by atoms with van der Waals surface area (Å²) in [4.78, 5) is 43.6. The Hall–Kier alpha value is -4.45. The molecule has 0 saturated heterocycles. The predicted molar refractivity (Wildman–Crippen MR) is 190 cm³/mol. The fraction of sp³-hybridized carbons (Fsp3) is 0.475. The summed E-state index contributed by atoms with van der Waals surface area (Å²) in [6.07, 6.45) is 6.66. The van der Waals surface area contributed by atoms with Crippen molar-refractivity contribution in [2.24, 2.45) is 5.92 Å². The molecule has 3 aliphatic rings. The number of nitrogens with one attached hydrogen (secondary N) is 1. The number of H-pyrrole nitrogens is 1. The van der Waals surface area contributed by atoms with E-state index < -0.39 is 42.7 Å². The molecule has 272 valence electrons. The molecule has 3 aromatic rings. The number of benzene rings is 2. The molecule has 3 heterocycles. The lowest BCUT2D eigenvalue weighted by Gasteiger charge is -2.34. The fourth-order valence-electron chi connectivity index (χ4n) is 7.89. The molecule has 6 rings (SSSR count). The first-order valence-electron chi connectivity index (χ1n) is 17.9. The lowest BCUT2D eigenvalue weighted by atomic mass is 9.71. The number of allylic oxidation sites excluding steroid dienone is 3. The van der Waals surface area contributed by atoms with E-state index in [0.717, 1.165) is 42.1 Å². The van der Waals surface area contributed by atoms with E-state index in [1.807, 2.05) is 30.5 Å². The van der Waals surface area contributed by atoms with Gasteiger partial charge in [-0.1, -0.05) is 44.2 Å². The molecule has 4 N–H and O–H groups in total. The van der Waals surface area contributed by atoms with Crippen LogP contribution in [0.4, 0.5) is 0 Å². The standard InChI is InChI=1S/C40H47NO10/c1-5-7-8-9-13-40(3,47)31-18-27-35(50-31)29(21-44)37-33(36(27)48-4)32(28(20-43)38(51-37)39(46)49-6-2)24-16-25(19-42)34(45)26(17-24)22-10-11-30-23(15-22)12-14-41-30/h10-12,14-15,20,25-26,31,41-42,44,47H,5-9,13,16-19,21H2,1-4H3. The summed E-state index contributed by atoms with van der Waals surface area (Å²) >= 11 is 0. The van der Waals surface area contributed by atoms with E-state index in [1.54, 1.807) is 13.8 Å². The number of hydrogen-bond acceptors (Lipinski definition) is 10. The number of aliphatic hydroxyl groups excluding tert-OH is 2. The van der Waals surface area contributed by atoms with Crippen molar-refractivity contribution >= 4 is 34.5 Å². The zero-order chi connectivity index (χ0) is 36.4. The largest absolute Gasteiger partial charge is 0.496 e. The topological polar surface area (TPSA) is 165 Å². The molecule has 4 unspecified atom stereocenters. The fourth-order valence-corrected chi connectivity index (χ4v) is 7.89. The molecule has 4 atom stereocenters. The van der Waals surface area contributed by atoms with Crippen molar-refractivity contribution in [3.63, 3.8) is 0 Å². The Kier molecular flexibility index (Phi) is 10.7. The number of carbonyl (C=O) groups is 3. The zero-order valence-electron chi connectivity index (χ0n) is 29.7. The van der Waals surface area contributed by atoms with Gasteiger partial charge in [0.25, 0.3) is 0 Å². The van der Waals surface area contributed by atoms with Crippen LogP contribution in [0.25, 0.3) is 16.5 Å². The average Bonchev–Trinajstić information content (AvgIpc) is 3.80. The van der Waals surface area contributed by atoms with Crippen LogP contribution in [-0.2, 0) is 32.1 Å². The van der Waals surface area contributed by atoms with Gasteiger partial charge in [-0.3, -0.25) is 9.59 Å². The number of fused-ring (bicyclic) bond motifs is 3. The molecule has 2 aromatic carbocycles. The number of aliphatic hydroxyl groups is 3. The molecule has 0 radical (unpaired) electrons. The number of carbonyl (C=O) groups excluding carboxylic acids is 3. The number of ether oxygens (including phenoxy) is 4. The molecule has 1 saturated carbocycles. The Morgan fingerprint density at radius 3 is 2.59 bits per heavy atom. The number of unbranched alkanes of at least 4 members (excludes halogenated alkanes) is 3. The van der Waals surface area contributed by atoms with Gasteiger partial charge >= 0.3 is 5.97 Å². The second-order valence-electron chi connectivity index (χ2n) is 13.9. The number of hydrogen-bond donors (Lipinski definition) is 4. The lowest BCUT2D eigenvalue weighted by molar-refractivity contribution is -0.141. The number of rotatable bonds is 13. The molecule has 0 amide bonds. The highest BCUT2D eigenvalue weighted by Gasteiger charge is 2.46. The van der Waals surface area contributed by atoms with Crippen molar-refractivity contribution in [2.45, 2.75) is 96.4 Å². The third-order valence-electron chi connectivity index (χ3n) is 10.6. The van der Waals surface area contributed by atoms with Crippen molar-refractivity contribution in [3.8, 4) is 17.2 Å². The summed E-state index contributed by atoms with van der Waals surface area (Å²) in [7, 11) is 1.48. The second-order valence-corrected chi connectivity index (χ2v) is 13.9. The smallest absolute Gasteiger partial charge is 0.375 e. The van der Waals surface area contributed by atoms with Gasteiger partial charge in [0.15, 0.2) is 6.29 Å². The van der Waals surface area contributed by atoms with Crippen LogP contribution in [0.15, 0.2) is 47.4 Å². The van der Waals surface area contributed by atoms with E-state index in [-0.39, 0.29) is 54.3 Å². The van der Waals surface area contributed by atoms with Crippen molar-refractivity contribution in [3.05, 3.63) is 69.6 Å². The van der Waals surface area contributed by atoms with E-state index in [1.165, 1.54) is 7.11 Å². The van der Waals surface area contributed by atoms with Crippen LogP contribution in [0.2, 0.25) is 0 Å². The maximum Gasteiger partial charge on any atom is 0.375 e. The van der Waals surface area contributed by atoms with Crippen LogP contribution in [0, 0.1) is 5.92 Å². The van der Waals surface area contributed by atoms with Gasteiger partial charge in [0.05, 0.1) is 49.2 Å². The lowest BCUT2D eigenvalue weighted by Crippen LogP contribution is -2.42. The summed E-state index contributed by atoms with van der Waals surface area (Å²) in [5, 5.41) is 33.9. The molecule has 0 bridgehead atoms. The van der Waals surface area contributed by atoms with E-state index >= 15 is 0 Å². The van der Waals surface area contributed by atoms with E-state index in [4.69, 9.17) is 18.9 Å². The molecule has 1 fully saturated rings. The predicted octanol–water partition coefficient (Wildman–Crippen LogP) is 5.61. The van der Waals surface area contributed by atoms with Crippen LogP contribution >= 0.6 is 0 Å². The van der Waals surface area contributed by atoms with Crippen molar-refractivity contribution < 1.29 is 48.7 Å². The van der Waals surface area contributed by atoms with E-state index in [0.29, 0.717) is 46.5 Å². The Balaban J connectivity index is 1.55. The SMILES string of the molecule is CCCCCCC(C)(O)C1Cc2c(c(CO)c3c(c2OC)C(=C2CC(CO)C(=O)C(c4ccc5[nH]ccc5c4)C2)C(C=O)=C(C(=O)OCC)O3)O1. The molecule has 0 spiro atoms. The molecule has 11 nitrogen and oxygen atoms in total. The molecular formula is C40H47NO10. The highest BCUT2D eigenvalue weighted by molar-refractivity contribution is 6.11. The van der Waals surface area contributed by atoms with Gasteiger partial charge in [0, 0.05) is 41.1 Å². The number of Topliss-reactive ketones (excluding diaryl/α,β-unsaturated/α-hetero) is 1. The molecule has 51 heavy (non-hydrogen) atoms. The van der Waals surface area contributed by atoms with Crippen LogP contribution in [0.1, 0.15) is 93.9 Å². The quantitative estimate of drug-likeness (QED) is 0.100. The third kappa shape index (κ3) is 6.58. The van der Waals surface area contributed by atoms with E-state index in [2.05, 4.69) is 11.9 Å². The average molecular weight is 702 g/mol. The maximum atomic E-state index is 13.9. The number of esters is 1. The first-order chi connectivity index (χ1) is 24.6. The maximum absolute atomic E-state index is 13.9. The number of aldehydes is 1. The van der Waals surface area contributed by atoms with Gasteiger partial charge in [-0.25, -0.2) is 4.79 Å². The van der Waals surface area contributed by atoms with Gasteiger partial charge < -0.3 is 39.3 Å². The number of ketones is 1. The molecule has 11 heteroatoms. The first-order valence-corrected chi connectivity index (χ1v) is 17.9. The van der Waals surface area contributed by atoms with Crippen LogP contribution in [0.5, 0.6) is 17.2 Å². The van der Waals surface area contributed by atoms with Gasteiger partial charge in [-0.05, 0) is 62.3 Å². The van der Waals surface area contributed by atoms with Crippen LogP contribution in [0.3, 0.4) is 0 Å². The molecular weight excluding hydrogens is 654 g/mol. The van der Waals surface area contributed by atoms with Crippen LogP contribution < -0.4 is 14.2 Å². The molecule has 1 aliphatic carbocycles. The monoisotopic (exact) mass is 701 g/mol. The summed E-state index contributed by atoms with van der Waals surface area (Å²) in [6, 6.07) is 7.65. The number of aromatic amines is 1. The van der Waals surface area contributed by atoms with Gasteiger partial charge in [0.1, 0.15) is 29.1 Å². The van der Waals surface area contributed by atoms with Crippen molar-refractivity contribution in [2.75, 3.05) is 20.3 Å². The highest BCUT2D eigenvalue weighted by Crippen LogP contribution is 2.56.